The van der Waals surface area contributed by atoms with E-state index in [-0.39, 0.29) is 29.7 Å². The first-order chi connectivity index (χ1) is 11.2. The highest BCUT2D eigenvalue weighted by Gasteiger charge is 2.55. The van der Waals surface area contributed by atoms with Crippen molar-refractivity contribution in [2.75, 3.05) is 11.4 Å². The van der Waals surface area contributed by atoms with Crippen LogP contribution in [0.1, 0.15) is 11.6 Å². The molecule has 4 nitrogen and oxygen atoms in total. The molecule has 2 aromatic rings. The van der Waals surface area contributed by atoms with Gasteiger partial charge in [0, 0.05) is 17.6 Å². The monoisotopic (exact) mass is 326 g/mol. The van der Waals surface area contributed by atoms with Gasteiger partial charge in [-0.25, -0.2) is 4.90 Å². The largest absolute Gasteiger partial charge is 0.308 e. The predicted octanol–water partition coefficient (Wildman–Crippen LogP) is 2.79. The first kappa shape index (κ1) is 14.4. The number of hydrogen-bond acceptors (Lipinski definition) is 3. The first-order valence-corrected chi connectivity index (χ1v) is 7.96. The smallest absolute Gasteiger partial charge is 0.239 e. The second-order valence-electron chi connectivity index (χ2n) is 5.92. The molecule has 0 aliphatic carbocycles. The number of para-hydroxylation sites is 1. The minimum atomic E-state index is -0.358. The fourth-order valence-electron chi connectivity index (χ4n) is 3.55. The Kier molecular flexibility index (Phi) is 3.43. The summed E-state index contributed by atoms with van der Waals surface area (Å²) in [6.07, 6.45) is 0. The molecule has 1 N–H and O–H groups in total. The molecule has 4 rings (SSSR count). The average Bonchev–Trinajstić information content (AvgIpc) is 3.10. The Bertz CT molecular complexity index is 760. The Morgan fingerprint density at radius 3 is 2.35 bits per heavy atom. The molecule has 3 atom stereocenters. The molecular weight excluding hydrogens is 312 g/mol. The number of carbonyl (C=O) groups excluding carboxylic acids is 2. The summed E-state index contributed by atoms with van der Waals surface area (Å²) in [6, 6.07) is 16.4. The van der Waals surface area contributed by atoms with Crippen LogP contribution in [0.25, 0.3) is 0 Å². The maximum absolute atomic E-state index is 12.9. The number of nitrogens with zero attached hydrogens (tertiary/aromatic N) is 1. The van der Waals surface area contributed by atoms with Crippen LogP contribution in [0.2, 0.25) is 5.02 Å². The van der Waals surface area contributed by atoms with E-state index in [9.17, 15) is 9.59 Å². The van der Waals surface area contributed by atoms with Crippen LogP contribution in [0.15, 0.2) is 54.6 Å². The zero-order valence-electron chi connectivity index (χ0n) is 12.3. The number of nitrogens with one attached hydrogen (secondary N) is 1. The van der Waals surface area contributed by atoms with Gasteiger partial charge in [-0.1, -0.05) is 41.9 Å². The third-order valence-corrected chi connectivity index (χ3v) is 4.89. The van der Waals surface area contributed by atoms with Crippen LogP contribution in [0.4, 0.5) is 5.69 Å². The van der Waals surface area contributed by atoms with E-state index in [0.717, 1.165) is 5.56 Å². The molecule has 3 unspecified atom stereocenters. The van der Waals surface area contributed by atoms with Gasteiger partial charge in [0.05, 0.1) is 17.5 Å². The molecule has 2 aliphatic rings. The van der Waals surface area contributed by atoms with Crippen LogP contribution in [0.5, 0.6) is 0 Å². The van der Waals surface area contributed by atoms with E-state index >= 15 is 0 Å². The Morgan fingerprint density at radius 2 is 1.65 bits per heavy atom. The lowest BCUT2D eigenvalue weighted by Gasteiger charge is -2.20. The Labute approximate surface area is 139 Å². The summed E-state index contributed by atoms with van der Waals surface area (Å²) >= 11 is 5.93. The Hall–Kier alpha value is -2.17. The van der Waals surface area contributed by atoms with Crippen molar-refractivity contribution in [2.45, 2.75) is 6.04 Å². The van der Waals surface area contributed by atoms with Crippen LogP contribution < -0.4 is 10.2 Å². The zero-order chi connectivity index (χ0) is 16.0. The van der Waals surface area contributed by atoms with Crippen molar-refractivity contribution in [3.63, 3.8) is 0 Å². The summed E-state index contributed by atoms with van der Waals surface area (Å²) in [4.78, 5) is 26.9. The molecular formula is C18H15ClN2O2. The molecule has 2 aliphatic heterocycles. The number of benzene rings is 2. The van der Waals surface area contributed by atoms with Gasteiger partial charge in [0.25, 0.3) is 0 Å². The van der Waals surface area contributed by atoms with Crippen LogP contribution in [-0.2, 0) is 9.59 Å². The van der Waals surface area contributed by atoms with Gasteiger partial charge < -0.3 is 5.32 Å². The number of anilines is 1. The quantitative estimate of drug-likeness (QED) is 0.863. The third-order valence-electron chi connectivity index (χ3n) is 4.64. The molecule has 0 spiro atoms. The van der Waals surface area contributed by atoms with Crippen LogP contribution in [0.3, 0.4) is 0 Å². The second kappa shape index (κ2) is 5.48. The molecule has 116 valence electrons. The topological polar surface area (TPSA) is 49.4 Å². The molecule has 0 aromatic heterocycles. The van der Waals surface area contributed by atoms with Gasteiger partial charge in [-0.3, -0.25) is 9.59 Å². The lowest BCUT2D eigenvalue weighted by molar-refractivity contribution is -0.123. The summed E-state index contributed by atoms with van der Waals surface area (Å²) in [6.45, 7) is 0.520. The fraction of sp³-hybridized carbons (Fsp3) is 0.222. The van der Waals surface area contributed by atoms with Gasteiger partial charge in [0.15, 0.2) is 0 Å². The summed E-state index contributed by atoms with van der Waals surface area (Å²) in [5, 5.41) is 3.97. The van der Waals surface area contributed by atoms with Gasteiger partial charge in [-0.05, 0) is 29.8 Å². The molecule has 2 heterocycles. The molecule has 2 amide bonds. The van der Waals surface area contributed by atoms with E-state index in [2.05, 4.69) is 5.32 Å². The first-order valence-electron chi connectivity index (χ1n) is 7.58. The molecule has 0 radical (unpaired) electrons. The second-order valence-corrected chi connectivity index (χ2v) is 6.35. The van der Waals surface area contributed by atoms with Gasteiger partial charge >= 0.3 is 0 Å². The van der Waals surface area contributed by atoms with Crippen molar-refractivity contribution in [3.8, 4) is 0 Å². The summed E-state index contributed by atoms with van der Waals surface area (Å²) in [5.74, 6) is -0.904. The minimum absolute atomic E-state index is 0.116. The van der Waals surface area contributed by atoms with E-state index in [0.29, 0.717) is 17.3 Å². The summed E-state index contributed by atoms with van der Waals surface area (Å²) < 4.78 is 0. The Morgan fingerprint density at radius 1 is 0.957 bits per heavy atom. The van der Waals surface area contributed by atoms with Gasteiger partial charge in [0.1, 0.15) is 0 Å². The lowest BCUT2D eigenvalue weighted by atomic mass is 9.89. The number of fused-ring (bicyclic) bond motifs is 1. The average molecular weight is 327 g/mol. The van der Waals surface area contributed by atoms with E-state index in [1.54, 1.807) is 12.1 Å². The molecule has 5 heteroatoms. The number of amides is 2. The molecule has 2 fully saturated rings. The molecule has 0 bridgehead atoms. The molecule has 2 aromatic carbocycles. The van der Waals surface area contributed by atoms with Crippen molar-refractivity contribution in [3.05, 3.63) is 65.2 Å². The van der Waals surface area contributed by atoms with Gasteiger partial charge in [-0.2, -0.15) is 0 Å². The van der Waals surface area contributed by atoms with Crippen molar-refractivity contribution in [1.82, 2.24) is 5.32 Å². The van der Waals surface area contributed by atoms with Crippen molar-refractivity contribution in [2.24, 2.45) is 11.8 Å². The number of halogens is 1. The highest BCUT2D eigenvalue weighted by molar-refractivity contribution is 6.30. The van der Waals surface area contributed by atoms with Crippen molar-refractivity contribution >= 4 is 29.1 Å². The van der Waals surface area contributed by atoms with Crippen LogP contribution >= 0.6 is 11.6 Å². The Balaban J connectivity index is 1.68. The summed E-state index contributed by atoms with van der Waals surface area (Å²) in [5.41, 5.74) is 1.63. The van der Waals surface area contributed by atoms with Gasteiger partial charge in [-0.15, -0.1) is 0 Å². The van der Waals surface area contributed by atoms with Crippen molar-refractivity contribution < 1.29 is 9.59 Å². The fourth-order valence-corrected chi connectivity index (χ4v) is 3.67. The number of rotatable bonds is 2. The van der Waals surface area contributed by atoms with Crippen LogP contribution in [-0.4, -0.2) is 18.4 Å². The van der Waals surface area contributed by atoms with Crippen LogP contribution in [0, 0.1) is 11.8 Å². The van der Waals surface area contributed by atoms with Gasteiger partial charge in [0.2, 0.25) is 11.8 Å². The minimum Gasteiger partial charge on any atom is -0.308 e. The third kappa shape index (κ3) is 2.26. The molecule has 0 saturated carbocycles. The highest BCUT2D eigenvalue weighted by Crippen LogP contribution is 2.42. The maximum Gasteiger partial charge on any atom is 0.239 e. The van der Waals surface area contributed by atoms with E-state index in [1.165, 1.54) is 4.90 Å². The van der Waals surface area contributed by atoms with Crippen molar-refractivity contribution in [1.29, 1.82) is 0 Å². The zero-order valence-corrected chi connectivity index (χ0v) is 13.0. The lowest BCUT2D eigenvalue weighted by Crippen LogP contribution is -2.35. The standard InChI is InChI=1S/C18H15ClN2O2/c19-12-8-6-11(7-9-12)16-15-14(10-20-16)17(22)21(18(15)23)13-4-2-1-3-5-13/h1-9,14-16,20H,10H2. The SMILES string of the molecule is O=C1C2CNC(c3ccc(Cl)cc3)C2C(=O)N1c1ccccc1. The van der Waals surface area contributed by atoms with E-state index in [4.69, 9.17) is 11.6 Å². The van der Waals surface area contributed by atoms with E-state index in [1.807, 2.05) is 42.5 Å². The predicted molar refractivity (Wildman–Crippen MR) is 88.1 cm³/mol. The van der Waals surface area contributed by atoms with E-state index < -0.39 is 0 Å². The molecule has 23 heavy (non-hydrogen) atoms. The number of carbonyl (C=O) groups is 2. The summed E-state index contributed by atoms with van der Waals surface area (Å²) in [7, 11) is 0. The number of hydrogen-bond donors (Lipinski definition) is 1. The maximum atomic E-state index is 12.9. The molecule has 2 saturated heterocycles. The normalized spacial score (nSPS) is 26.7. The number of imide groups is 1. The highest BCUT2D eigenvalue weighted by atomic mass is 35.5.